The molecule has 1 aromatic carbocycles. The van der Waals surface area contributed by atoms with E-state index < -0.39 is 0 Å². The number of carbonyl (C=O) groups is 1. The van der Waals surface area contributed by atoms with E-state index in [9.17, 15) is 4.79 Å². The standard InChI is InChI=1S/C16H22N2O2.ClH/c1-2-20-15-7-4-3-6-14(15)8-9-16(19)18-12-5-10-17-11-13-18;/h3-4,6-9,17H,2,5,10-13H2,1H3;1H/b9-8+;. The minimum Gasteiger partial charge on any atom is -0.493 e. The highest BCUT2D eigenvalue weighted by Crippen LogP contribution is 2.19. The van der Waals surface area contributed by atoms with E-state index >= 15 is 0 Å². The molecule has 21 heavy (non-hydrogen) atoms. The number of halogens is 1. The highest BCUT2D eigenvalue weighted by atomic mass is 35.5. The molecule has 0 atom stereocenters. The van der Waals surface area contributed by atoms with Crippen LogP contribution in [0, 0.1) is 0 Å². The first-order chi connectivity index (χ1) is 9.81. The summed E-state index contributed by atoms with van der Waals surface area (Å²) in [7, 11) is 0. The molecule has 0 aromatic heterocycles. The van der Waals surface area contributed by atoms with Crippen molar-refractivity contribution in [3.8, 4) is 5.75 Å². The molecule has 1 aliphatic heterocycles. The predicted molar refractivity (Wildman–Crippen MR) is 88.0 cm³/mol. The third kappa shape index (κ3) is 5.40. The van der Waals surface area contributed by atoms with E-state index in [0.29, 0.717) is 6.61 Å². The summed E-state index contributed by atoms with van der Waals surface area (Å²) in [5.74, 6) is 0.886. The third-order valence-electron chi connectivity index (χ3n) is 3.28. The first-order valence-electron chi connectivity index (χ1n) is 7.21. The summed E-state index contributed by atoms with van der Waals surface area (Å²) in [6, 6.07) is 7.76. The Morgan fingerprint density at radius 3 is 2.95 bits per heavy atom. The van der Waals surface area contributed by atoms with E-state index in [4.69, 9.17) is 4.74 Å². The molecule has 1 amide bonds. The van der Waals surface area contributed by atoms with Gasteiger partial charge in [0.25, 0.3) is 0 Å². The number of ether oxygens (including phenoxy) is 1. The Kier molecular flexibility index (Phi) is 7.87. The number of hydrogen-bond donors (Lipinski definition) is 1. The highest BCUT2D eigenvalue weighted by Gasteiger charge is 2.12. The van der Waals surface area contributed by atoms with Crippen LogP contribution in [0.15, 0.2) is 30.3 Å². The van der Waals surface area contributed by atoms with Crippen LogP contribution in [0.5, 0.6) is 5.75 Å². The van der Waals surface area contributed by atoms with Crippen molar-refractivity contribution in [1.29, 1.82) is 0 Å². The lowest BCUT2D eigenvalue weighted by molar-refractivity contribution is -0.125. The van der Waals surface area contributed by atoms with Crippen molar-refractivity contribution in [2.45, 2.75) is 13.3 Å². The van der Waals surface area contributed by atoms with Crippen LogP contribution in [-0.2, 0) is 4.79 Å². The number of rotatable bonds is 4. The van der Waals surface area contributed by atoms with Crippen molar-refractivity contribution in [1.82, 2.24) is 10.2 Å². The minimum absolute atomic E-state index is 0. The van der Waals surface area contributed by atoms with Crippen LogP contribution < -0.4 is 10.1 Å². The van der Waals surface area contributed by atoms with Crippen molar-refractivity contribution in [2.24, 2.45) is 0 Å². The smallest absolute Gasteiger partial charge is 0.246 e. The van der Waals surface area contributed by atoms with Gasteiger partial charge in [0, 0.05) is 31.3 Å². The van der Waals surface area contributed by atoms with Gasteiger partial charge in [-0.25, -0.2) is 0 Å². The second-order valence-electron chi connectivity index (χ2n) is 4.73. The fraction of sp³-hybridized carbons (Fsp3) is 0.438. The van der Waals surface area contributed by atoms with E-state index in [2.05, 4.69) is 5.32 Å². The molecule has 1 N–H and O–H groups in total. The number of nitrogens with one attached hydrogen (secondary N) is 1. The number of amides is 1. The van der Waals surface area contributed by atoms with Crippen molar-refractivity contribution >= 4 is 24.4 Å². The van der Waals surface area contributed by atoms with Gasteiger partial charge in [-0.2, -0.15) is 0 Å². The molecule has 1 heterocycles. The van der Waals surface area contributed by atoms with Crippen molar-refractivity contribution < 1.29 is 9.53 Å². The number of para-hydroxylation sites is 1. The van der Waals surface area contributed by atoms with Crippen LogP contribution in [0.2, 0.25) is 0 Å². The van der Waals surface area contributed by atoms with Gasteiger partial charge in [0.1, 0.15) is 5.75 Å². The van der Waals surface area contributed by atoms with Crippen LogP contribution >= 0.6 is 12.4 Å². The summed E-state index contributed by atoms with van der Waals surface area (Å²) < 4.78 is 5.55. The van der Waals surface area contributed by atoms with Crippen molar-refractivity contribution in [2.75, 3.05) is 32.8 Å². The molecule has 4 nitrogen and oxygen atoms in total. The largest absolute Gasteiger partial charge is 0.493 e. The Balaban J connectivity index is 0.00000220. The maximum Gasteiger partial charge on any atom is 0.246 e. The quantitative estimate of drug-likeness (QED) is 0.868. The molecule has 0 unspecified atom stereocenters. The van der Waals surface area contributed by atoms with Crippen LogP contribution in [0.25, 0.3) is 6.08 Å². The average molecular weight is 311 g/mol. The monoisotopic (exact) mass is 310 g/mol. The van der Waals surface area contributed by atoms with Gasteiger partial charge in [-0.1, -0.05) is 18.2 Å². The van der Waals surface area contributed by atoms with Gasteiger partial charge in [-0.3, -0.25) is 4.79 Å². The molecule has 1 aromatic rings. The van der Waals surface area contributed by atoms with E-state index in [1.807, 2.05) is 42.2 Å². The predicted octanol–water partition coefficient (Wildman–Crippen LogP) is 2.34. The molecule has 0 radical (unpaired) electrons. The van der Waals surface area contributed by atoms with E-state index in [1.54, 1.807) is 6.08 Å². The summed E-state index contributed by atoms with van der Waals surface area (Å²) in [6.45, 7) is 6.03. The van der Waals surface area contributed by atoms with Gasteiger partial charge < -0.3 is 15.0 Å². The van der Waals surface area contributed by atoms with E-state index in [-0.39, 0.29) is 18.3 Å². The summed E-state index contributed by atoms with van der Waals surface area (Å²) in [4.78, 5) is 14.1. The molecule has 0 aliphatic carbocycles. The summed E-state index contributed by atoms with van der Waals surface area (Å²) in [5.41, 5.74) is 0.940. The minimum atomic E-state index is 0. The SMILES string of the molecule is CCOc1ccccc1/C=C/C(=O)N1CCCNCC1.Cl. The van der Waals surface area contributed by atoms with Crippen LogP contribution in [0.1, 0.15) is 18.9 Å². The molecule has 0 spiro atoms. The lowest BCUT2D eigenvalue weighted by atomic mass is 10.2. The summed E-state index contributed by atoms with van der Waals surface area (Å²) in [5, 5.41) is 3.29. The van der Waals surface area contributed by atoms with Gasteiger partial charge >= 0.3 is 0 Å². The van der Waals surface area contributed by atoms with Gasteiger partial charge in [-0.15, -0.1) is 12.4 Å². The fourth-order valence-corrected chi connectivity index (χ4v) is 2.24. The number of nitrogens with zero attached hydrogens (tertiary/aromatic N) is 1. The summed E-state index contributed by atoms with van der Waals surface area (Å²) in [6.07, 6.45) is 4.49. The van der Waals surface area contributed by atoms with Gasteiger partial charge in [0.15, 0.2) is 0 Å². The Hall–Kier alpha value is -1.52. The summed E-state index contributed by atoms with van der Waals surface area (Å²) >= 11 is 0. The lowest BCUT2D eigenvalue weighted by Gasteiger charge is -2.17. The van der Waals surface area contributed by atoms with Crippen LogP contribution in [0.4, 0.5) is 0 Å². The number of carbonyl (C=O) groups excluding carboxylic acids is 1. The molecule has 1 fully saturated rings. The maximum atomic E-state index is 12.2. The second kappa shape index (κ2) is 9.42. The molecular formula is C16H23ClN2O2. The van der Waals surface area contributed by atoms with Gasteiger partial charge in [0.2, 0.25) is 5.91 Å². The fourth-order valence-electron chi connectivity index (χ4n) is 2.24. The van der Waals surface area contributed by atoms with Crippen LogP contribution in [0.3, 0.4) is 0 Å². The van der Waals surface area contributed by atoms with Gasteiger partial charge in [-0.05, 0) is 32.0 Å². The maximum absolute atomic E-state index is 12.2. The zero-order valence-corrected chi connectivity index (χ0v) is 13.2. The highest BCUT2D eigenvalue weighted by molar-refractivity contribution is 5.92. The molecule has 0 bridgehead atoms. The molecule has 5 heteroatoms. The first kappa shape index (κ1) is 17.5. The Morgan fingerprint density at radius 2 is 2.14 bits per heavy atom. The van der Waals surface area contributed by atoms with E-state index in [1.165, 1.54) is 0 Å². The van der Waals surface area contributed by atoms with E-state index in [0.717, 1.165) is 43.9 Å². The molecule has 1 aliphatic rings. The first-order valence-corrected chi connectivity index (χ1v) is 7.21. The van der Waals surface area contributed by atoms with Crippen LogP contribution in [-0.4, -0.2) is 43.6 Å². The van der Waals surface area contributed by atoms with Crippen molar-refractivity contribution in [3.05, 3.63) is 35.9 Å². The topological polar surface area (TPSA) is 41.6 Å². The Labute approximate surface area is 132 Å². The second-order valence-corrected chi connectivity index (χ2v) is 4.73. The molecule has 1 saturated heterocycles. The zero-order valence-electron chi connectivity index (χ0n) is 12.4. The third-order valence-corrected chi connectivity index (χ3v) is 3.28. The number of hydrogen-bond acceptors (Lipinski definition) is 3. The van der Waals surface area contributed by atoms with Gasteiger partial charge in [0.05, 0.1) is 6.61 Å². The Morgan fingerprint density at radius 1 is 1.33 bits per heavy atom. The zero-order chi connectivity index (χ0) is 14.2. The molecule has 0 saturated carbocycles. The Bertz CT molecular complexity index is 469. The number of benzene rings is 1. The molecular weight excluding hydrogens is 288 g/mol. The average Bonchev–Trinajstić information content (AvgIpc) is 2.75. The van der Waals surface area contributed by atoms with Crippen molar-refractivity contribution in [3.63, 3.8) is 0 Å². The molecule has 2 rings (SSSR count). The lowest BCUT2D eigenvalue weighted by Crippen LogP contribution is -2.32. The molecule has 116 valence electrons. The normalized spacial score (nSPS) is 15.4.